The van der Waals surface area contributed by atoms with Gasteiger partial charge < -0.3 is 0 Å². The summed E-state index contributed by atoms with van der Waals surface area (Å²) in [6.45, 7) is 2.23. The third kappa shape index (κ3) is 2.30. The van der Waals surface area contributed by atoms with Gasteiger partial charge in [-0.2, -0.15) is 0 Å². The molecule has 98 valence electrons. The zero-order chi connectivity index (χ0) is 13.2. The van der Waals surface area contributed by atoms with Gasteiger partial charge >= 0.3 is 0 Å². The van der Waals surface area contributed by atoms with Crippen molar-refractivity contribution in [1.82, 2.24) is 0 Å². The van der Waals surface area contributed by atoms with Gasteiger partial charge in [-0.05, 0) is 51.4 Å². The van der Waals surface area contributed by atoms with Gasteiger partial charge in [-0.15, -0.1) is 0 Å². The molecule has 0 saturated heterocycles. The molecule has 0 unspecified atom stereocenters. The molecule has 0 aromatic heterocycles. The van der Waals surface area contributed by atoms with E-state index in [4.69, 9.17) is 0 Å². The van der Waals surface area contributed by atoms with E-state index in [1.165, 1.54) is 46.9 Å². The second-order valence-corrected chi connectivity index (χ2v) is 5.38. The zero-order valence-electron chi connectivity index (χ0n) is 11.4. The Morgan fingerprint density at radius 2 is 1.53 bits per heavy atom. The molecule has 0 amide bonds. The van der Waals surface area contributed by atoms with Crippen LogP contribution in [-0.4, -0.2) is 0 Å². The van der Waals surface area contributed by atoms with Crippen molar-refractivity contribution < 1.29 is 4.39 Å². The summed E-state index contributed by atoms with van der Waals surface area (Å²) in [5, 5.41) is 4.76. The highest BCUT2D eigenvalue weighted by Gasteiger charge is 2.04. The number of halogens is 1. The standard InChI is InChI=1S/C18H19F/c1-2-3-4-5-6-13-7-9-15-16-10-8-14(19)12-18(16)17(15)11-13/h7-12H,2-6H2,1H3. The number of unbranched alkanes of at least 4 members (excludes halogenated alkanes) is 3. The lowest BCUT2D eigenvalue weighted by Crippen LogP contribution is -1.95. The van der Waals surface area contributed by atoms with Crippen LogP contribution in [0.15, 0.2) is 36.4 Å². The van der Waals surface area contributed by atoms with Crippen LogP contribution < -0.4 is 0 Å². The van der Waals surface area contributed by atoms with Crippen LogP contribution >= 0.6 is 0 Å². The predicted octanol–water partition coefficient (Wildman–Crippen LogP) is 4.84. The van der Waals surface area contributed by atoms with E-state index in [0.717, 1.165) is 11.6 Å². The molecule has 19 heavy (non-hydrogen) atoms. The van der Waals surface area contributed by atoms with Crippen LogP contribution in [0.3, 0.4) is 0 Å². The van der Waals surface area contributed by atoms with Crippen LogP contribution in [0.2, 0.25) is 0 Å². The summed E-state index contributed by atoms with van der Waals surface area (Å²) in [4.78, 5) is 0. The molecule has 1 heteroatoms. The predicted molar refractivity (Wildman–Crippen MR) is 76.0 cm³/mol. The molecule has 0 heterocycles. The summed E-state index contributed by atoms with van der Waals surface area (Å²) < 4.78 is 13.3. The molecule has 1 aliphatic carbocycles. The van der Waals surface area contributed by atoms with E-state index >= 15 is 0 Å². The minimum atomic E-state index is -0.141. The highest BCUT2D eigenvalue weighted by atomic mass is 19.1. The van der Waals surface area contributed by atoms with Crippen molar-refractivity contribution in [1.29, 1.82) is 0 Å². The molecule has 0 aliphatic heterocycles. The number of aryl methyl sites for hydroxylation is 1. The molecule has 0 fully saturated rings. The average Bonchev–Trinajstić information content (AvgIpc) is 2.42. The van der Waals surface area contributed by atoms with Crippen LogP contribution in [0.25, 0.3) is 0 Å². The van der Waals surface area contributed by atoms with Crippen LogP contribution in [-0.2, 0) is 6.42 Å². The van der Waals surface area contributed by atoms with Gasteiger partial charge in [0.25, 0.3) is 0 Å². The van der Waals surface area contributed by atoms with Gasteiger partial charge in [0.05, 0.1) is 0 Å². The van der Waals surface area contributed by atoms with Crippen molar-refractivity contribution >= 4 is 0 Å². The van der Waals surface area contributed by atoms with Gasteiger partial charge in [0.2, 0.25) is 0 Å². The van der Waals surface area contributed by atoms with Crippen LogP contribution in [0.4, 0.5) is 4.39 Å². The smallest absolute Gasteiger partial charge is 0.123 e. The summed E-state index contributed by atoms with van der Waals surface area (Å²) in [5.41, 5.74) is 1.38. The summed E-state index contributed by atoms with van der Waals surface area (Å²) in [6.07, 6.45) is 6.29. The molecule has 2 aromatic carbocycles. The van der Waals surface area contributed by atoms with Gasteiger partial charge in [-0.1, -0.05) is 50.5 Å². The molecule has 0 spiro atoms. The summed E-state index contributed by atoms with van der Waals surface area (Å²) in [6, 6.07) is 11.7. The van der Waals surface area contributed by atoms with Gasteiger partial charge in [-0.25, -0.2) is 4.39 Å². The van der Waals surface area contributed by atoms with E-state index in [0.29, 0.717) is 0 Å². The Kier molecular flexibility index (Phi) is 3.37. The molecule has 2 aromatic rings. The average molecular weight is 254 g/mol. The van der Waals surface area contributed by atoms with Crippen molar-refractivity contribution in [2.75, 3.05) is 0 Å². The van der Waals surface area contributed by atoms with Gasteiger partial charge in [0.15, 0.2) is 0 Å². The Labute approximate surface area is 112 Å². The van der Waals surface area contributed by atoms with Gasteiger partial charge in [-0.3, -0.25) is 0 Å². The molecule has 1 aliphatic rings. The first-order chi connectivity index (χ1) is 9.29. The first kappa shape index (κ1) is 12.4. The summed E-state index contributed by atoms with van der Waals surface area (Å²) >= 11 is 0. The Balaban J connectivity index is 1.89. The van der Waals surface area contributed by atoms with Crippen molar-refractivity contribution in [2.45, 2.75) is 39.0 Å². The Bertz CT molecular complexity index is 774. The van der Waals surface area contributed by atoms with Gasteiger partial charge in [0, 0.05) is 0 Å². The van der Waals surface area contributed by atoms with E-state index in [1.807, 2.05) is 6.07 Å². The van der Waals surface area contributed by atoms with Crippen LogP contribution in [0.5, 0.6) is 0 Å². The quantitative estimate of drug-likeness (QED) is 0.572. The minimum absolute atomic E-state index is 0.141. The second kappa shape index (κ2) is 5.16. The fourth-order valence-corrected chi connectivity index (χ4v) is 2.87. The fourth-order valence-electron chi connectivity index (χ4n) is 2.87. The van der Waals surface area contributed by atoms with Crippen molar-refractivity contribution in [3.05, 3.63) is 68.7 Å². The van der Waals surface area contributed by atoms with Gasteiger partial charge in [0.1, 0.15) is 5.82 Å². The molecule has 3 rings (SSSR count). The molecule has 0 bridgehead atoms. The van der Waals surface area contributed by atoms with Crippen LogP contribution in [0.1, 0.15) is 38.2 Å². The molecular weight excluding hydrogens is 235 g/mol. The third-order valence-corrected chi connectivity index (χ3v) is 3.96. The van der Waals surface area contributed by atoms with Crippen molar-refractivity contribution in [3.63, 3.8) is 0 Å². The molecular formula is C18H19F. The first-order valence-corrected chi connectivity index (χ1v) is 7.23. The lowest BCUT2D eigenvalue weighted by atomic mass is 9.97. The minimum Gasteiger partial charge on any atom is -0.207 e. The zero-order valence-corrected chi connectivity index (χ0v) is 11.4. The number of benzene rings is 2. The Hall–Kier alpha value is -1.63. The maximum Gasteiger partial charge on any atom is 0.123 e. The first-order valence-electron chi connectivity index (χ1n) is 7.23. The third-order valence-electron chi connectivity index (χ3n) is 3.96. The van der Waals surface area contributed by atoms with E-state index < -0.39 is 0 Å². The van der Waals surface area contributed by atoms with E-state index in [9.17, 15) is 4.39 Å². The van der Waals surface area contributed by atoms with E-state index in [1.54, 1.807) is 12.1 Å². The second-order valence-electron chi connectivity index (χ2n) is 5.38. The molecule has 0 atom stereocenters. The fraction of sp³-hybridized carbons (Fsp3) is 0.333. The lowest BCUT2D eigenvalue weighted by molar-refractivity contribution is 0.626. The molecule has 0 nitrogen and oxygen atoms in total. The van der Waals surface area contributed by atoms with Crippen LogP contribution in [0, 0.1) is 26.7 Å². The maximum absolute atomic E-state index is 13.3. The Morgan fingerprint density at radius 3 is 2.32 bits per heavy atom. The molecule has 0 N–H and O–H groups in total. The lowest BCUT2D eigenvalue weighted by Gasteiger charge is -2.07. The van der Waals surface area contributed by atoms with E-state index in [2.05, 4.69) is 25.1 Å². The largest absolute Gasteiger partial charge is 0.207 e. The molecule has 0 radical (unpaired) electrons. The molecule has 0 saturated carbocycles. The summed E-state index contributed by atoms with van der Waals surface area (Å²) in [5.74, 6) is -0.141. The summed E-state index contributed by atoms with van der Waals surface area (Å²) in [7, 11) is 0. The number of fused-ring (bicyclic) bond motifs is 2. The highest BCUT2D eigenvalue weighted by Crippen LogP contribution is 2.17. The van der Waals surface area contributed by atoms with E-state index in [-0.39, 0.29) is 5.82 Å². The normalized spacial score (nSPS) is 11.7. The maximum atomic E-state index is 13.3. The highest BCUT2D eigenvalue weighted by molar-refractivity contribution is 5.32. The number of hydrogen-bond acceptors (Lipinski definition) is 0. The van der Waals surface area contributed by atoms with Crippen molar-refractivity contribution in [3.8, 4) is 0 Å². The number of rotatable bonds is 5. The Morgan fingerprint density at radius 1 is 0.789 bits per heavy atom. The monoisotopic (exact) mass is 254 g/mol. The van der Waals surface area contributed by atoms with Crippen molar-refractivity contribution in [2.24, 2.45) is 0 Å². The topological polar surface area (TPSA) is 0 Å². The SMILES string of the molecule is CCCCCCc1ccc2c(c1)=c1cc(F)ccc1=2. The number of hydrogen-bond donors (Lipinski definition) is 0.